The van der Waals surface area contributed by atoms with Gasteiger partial charge in [-0.15, -0.1) is 0 Å². The summed E-state index contributed by atoms with van der Waals surface area (Å²) in [5.41, 5.74) is 1.10. The minimum absolute atomic E-state index is 0.0197. The van der Waals surface area contributed by atoms with Gasteiger partial charge in [0.25, 0.3) is 0 Å². The molecule has 2 atom stereocenters. The zero-order valence-corrected chi connectivity index (χ0v) is 12.9. The van der Waals surface area contributed by atoms with E-state index in [-0.39, 0.29) is 29.6 Å². The predicted octanol–water partition coefficient (Wildman–Crippen LogP) is 1.92. The SMILES string of the molecule is COc1cc([C@@H](O)[C@H](CO)c2ccc(O)c(OC)c2)ccc1O. The van der Waals surface area contributed by atoms with Gasteiger partial charge < -0.3 is 29.9 Å². The molecule has 0 heterocycles. The van der Waals surface area contributed by atoms with Crippen LogP contribution in [0.3, 0.4) is 0 Å². The highest BCUT2D eigenvalue weighted by molar-refractivity contribution is 5.45. The fourth-order valence-corrected chi connectivity index (χ4v) is 2.42. The van der Waals surface area contributed by atoms with Gasteiger partial charge in [-0.3, -0.25) is 0 Å². The molecule has 6 nitrogen and oxygen atoms in total. The van der Waals surface area contributed by atoms with Crippen molar-refractivity contribution in [3.05, 3.63) is 47.5 Å². The highest BCUT2D eigenvalue weighted by Gasteiger charge is 2.24. The van der Waals surface area contributed by atoms with E-state index in [2.05, 4.69) is 0 Å². The van der Waals surface area contributed by atoms with Crippen LogP contribution in [-0.4, -0.2) is 41.3 Å². The maximum atomic E-state index is 10.6. The molecule has 0 aliphatic rings. The van der Waals surface area contributed by atoms with Gasteiger partial charge in [-0.1, -0.05) is 12.1 Å². The molecule has 0 saturated carbocycles. The monoisotopic (exact) mass is 320 g/mol. The number of phenolic OH excluding ortho intramolecular Hbond substituents is 2. The number of hydrogen-bond donors (Lipinski definition) is 4. The van der Waals surface area contributed by atoms with Crippen molar-refractivity contribution >= 4 is 0 Å². The van der Waals surface area contributed by atoms with E-state index in [1.807, 2.05) is 0 Å². The average Bonchev–Trinajstić information content (AvgIpc) is 2.57. The second-order valence-corrected chi connectivity index (χ2v) is 5.10. The van der Waals surface area contributed by atoms with Crippen LogP contribution < -0.4 is 9.47 Å². The van der Waals surface area contributed by atoms with Crippen LogP contribution in [0.5, 0.6) is 23.0 Å². The summed E-state index contributed by atoms with van der Waals surface area (Å²) in [6.45, 7) is -0.307. The third-order valence-corrected chi connectivity index (χ3v) is 3.76. The molecule has 0 radical (unpaired) electrons. The average molecular weight is 320 g/mol. The minimum Gasteiger partial charge on any atom is -0.504 e. The number of aromatic hydroxyl groups is 2. The first-order chi connectivity index (χ1) is 11.0. The van der Waals surface area contributed by atoms with E-state index in [4.69, 9.17) is 9.47 Å². The summed E-state index contributed by atoms with van der Waals surface area (Å²) < 4.78 is 10.1. The molecule has 0 aromatic heterocycles. The van der Waals surface area contributed by atoms with Gasteiger partial charge in [0.05, 0.1) is 26.9 Å². The Hall–Kier alpha value is -2.44. The summed E-state index contributed by atoms with van der Waals surface area (Å²) >= 11 is 0. The van der Waals surface area contributed by atoms with Crippen LogP contribution in [0.25, 0.3) is 0 Å². The van der Waals surface area contributed by atoms with E-state index in [9.17, 15) is 20.4 Å². The number of hydrogen-bond acceptors (Lipinski definition) is 6. The highest BCUT2D eigenvalue weighted by atomic mass is 16.5. The van der Waals surface area contributed by atoms with Gasteiger partial charge in [-0.2, -0.15) is 0 Å². The topological polar surface area (TPSA) is 99.4 Å². The molecular weight excluding hydrogens is 300 g/mol. The van der Waals surface area contributed by atoms with Crippen molar-refractivity contribution in [2.75, 3.05) is 20.8 Å². The van der Waals surface area contributed by atoms with Crippen molar-refractivity contribution in [1.82, 2.24) is 0 Å². The molecule has 124 valence electrons. The number of aliphatic hydroxyl groups is 2. The molecule has 0 bridgehead atoms. The predicted molar refractivity (Wildman–Crippen MR) is 84.1 cm³/mol. The smallest absolute Gasteiger partial charge is 0.160 e. The van der Waals surface area contributed by atoms with Crippen molar-refractivity contribution in [3.8, 4) is 23.0 Å². The van der Waals surface area contributed by atoms with Crippen LogP contribution in [0.4, 0.5) is 0 Å². The molecule has 0 unspecified atom stereocenters. The Morgan fingerprint density at radius 1 is 0.870 bits per heavy atom. The molecule has 4 N–H and O–H groups in total. The van der Waals surface area contributed by atoms with Crippen molar-refractivity contribution in [2.24, 2.45) is 0 Å². The number of ether oxygens (including phenoxy) is 2. The van der Waals surface area contributed by atoms with Crippen molar-refractivity contribution in [3.63, 3.8) is 0 Å². The lowest BCUT2D eigenvalue weighted by Gasteiger charge is -2.23. The number of rotatable bonds is 6. The van der Waals surface area contributed by atoms with Gasteiger partial charge in [0, 0.05) is 5.92 Å². The number of phenols is 2. The van der Waals surface area contributed by atoms with E-state index >= 15 is 0 Å². The first-order valence-corrected chi connectivity index (χ1v) is 7.04. The van der Waals surface area contributed by atoms with E-state index in [0.29, 0.717) is 11.1 Å². The second kappa shape index (κ2) is 7.21. The molecule has 2 rings (SSSR count). The molecule has 0 fully saturated rings. The Labute approximate surface area is 134 Å². The van der Waals surface area contributed by atoms with Gasteiger partial charge in [-0.25, -0.2) is 0 Å². The zero-order valence-electron chi connectivity index (χ0n) is 12.9. The third-order valence-electron chi connectivity index (χ3n) is 3.76. The largest absolute Gasteiger partial charge is 0.504 e. The molecule has 0 spiro atoms. The van der Waals surface area contributed by atoms with E-state index in [0.717, 1.165) is 0 Å². The number of benzene rings is 2. The fraction of sp³-hybridized carbons (Fsp3) is 0.294. The van der Waals surface area contributed by atoms with E-state index < -0.39 is 12.0 Å². The second-order valence-electron chi connectivity index (χ2n) is 5.10. The molecule has 23 heavy (non-hydrogen) atoms. The Kier molecular flexibility index (Phi) is 5.31. The van der Waals surface area contributed by atoms with Crippen LogP contribution in [-0.2, 0) is 0 Å². The maximum absolute atomic E-state index is 10.6. The normalized spacial score (nSPS) is 13.4. The lowest BCUT2D eigenvalue weighted by molar-refractivity contribution is 0.106. The van der Waals surface area contributed by atoms with Gasteiger partial charge >= 0.3 is 0 Å². The van der Waals surface area contributed by atoms with E-state index in [1.54, 1.807) is 18.2 Å². The molecule has 0 aliphatic carbocycles. The van der Waals surface area contributed by atoms with Crippen molar-refractivity contribution < 1.29 is 29.9 Å². The lowest BCUT2D eigenvalue weighted by atomic mass is 9.89. The standard InChI is InChI=1S/C17H20O6/c1-22-15-7-10(3-5-13(15)19)12(9-18)17(21)11-4-6-14(20)16(8-11)23-2/h3-8,12,17-21H,9H2,1-2H3/t12-,17-/m1/s1. The summed E-state index contributed by atoms with van der Waals surface area (Å²) in [6.07, 6.45) is -1.02. The minimum atomic E-state index is -1.02. The summed E-state index contributed by atoms with van der Waals surface area (Å²) in [5, 5.41) is 39.5. The Balaban J connectivity index is 2.36. The molecular formula is C17H20O6. The van der Waals surface area contributed by atoms with Crippen molar-refractivity contribution in [1.29, 1.82) is 0 Å². The van der Waals surface area contributed by atoms with Crippen LogP contribution in [0.15, 0.2) is 36.4 Å². The maximum Gasteiger partial charge on any atom is 0.160 e. The Morgan fingerprint density at radius 3 is 1.83 bits per heavy atom. The molecule has 2 aromatic carbocycles. The van der Waals surface area contributed by atoms with Gasteiger partial charge in [0.1, 0.15) is 0 Å². The lowest BCUT2D eigenvalue weighted by Crippen LogP contribution is -2.15. The number of methoxy groups -OCH3 is 2. The highest BCUT2D eigenvalue weighted by Crippen LogP contribution is 2.37. The molecule has 0 saturated heterocycles. The first kappa shape index (κ1) is 16.9. The Morgan fingerprint density at radius 2 is 1.35 bits per heavy atom. The summed E-state index contributed by atoms with van der Waals surface area (Å²) in [5.74, 6) is -0.180. The summed E-state index contributed by atoms with van der Waals surface area (Å²) in [7, 11) is 2.84. The van der Waals surface area contributed by atoms with Crippen LogP contribution in [0.1, 0.15) is 23.1 Å². The molecule has 6 heteroatoms. The fourth-order valence-electron chi connectivity index (χ4n) is 2.42. The van der Waals surface area contributed by atoms with Gasteiger partial charge in [0.2, 0.25) is 0 Å². The summed E-state index contributed by atoms with van der Waals surface area (Å²) in [4.78, 5) is 0. The quantitative estimate of drug-likeness (QED) is 0.649. The van der Waals surface area contributed by atoms with Crippen LogP contribution in [0, 0.1) is 0 Å². The van der Waals surface area contributed by atoms with Gasteiger partial charge in [0.15, 0.2) is 23.0 Å². The molecule has 0 aliphatic heterocycles. The van der Waals surface area contributed by atoms with Crippen molar-refractivity contribution in [2.45, 2.75) is 12.0 Å². The molecule has 0 amide bonds. The van der Waals surface area contributed by atoms with Crippen LogP contribution in [0.2, 0.25) is 0 Å². The Bertz CT molecular complexity index is 670. The molecule has 2 aromatic rings. The third kappa shape index (κ3) is 3.49. The first-order valence-electron chi connectivity index (χ1n) is 7.04. The zero-order chi connectivity index (χ0) is 17.0. The number of aliphatic hydroxyl groups excluding tert-OH is 2. The van der Waals surface area contributed by atoms with E-state index in [1.165, 1.54) is 32.4 Å². The van der Waals surface area contributed by atoms with Gasteiger partial charge in [-0.05, 0) is 35.4 Å². The summed E-state index contributed by atoms with van der Waals surface area (Å²) in [6, 6.07) is 9.12. The van der Waals surface area contributed by atoms with Crippen LogP contribution >= 0.6 is 0 Å².